The van der Waals surface area contributed by atoms with Gasteiger partial charge >= 0.3 is 0 Å². The van der Waals surface area contributed by atoms with Gasteiger partial charge in [-0.15, -0.1) is 0 Å². The van der Waals surface area contributed by atoms with Gasteiger partial charge in [0, 0.05) is 11.1 Å². The highest BCUT2D eigenvalue weighted by atomic mass is 16.2. The zero-order valence-corrected chi connectivity index (χ0v) is 18.6. The van der Waals surface area contributed by atoms with E-state index in [9.17, 15) is 9.59 Å². The van der Waals surface area contributed by atoms with Crippen LogP contribution in [0.25, 0.3) is 0 Å². The summed E-state index contributed by atoms with van der Waals surface area (Å²) in [4.78, 5) is 24.5. The number of carbonyl (C=O) groups is 2. The molecule has 6 nitrogen and oxygen atoms in total. The third kappa shape index (κ3) is 5.98. The van der Waals surface area contributed by atoms with E-state index >= 15 is 0 Å². The molecule has 3 rings (SSSR count). The van der Waals surface area contributed by atoms with Gasteiger partial charge in [-0.2, -0.15) is 10.2 Å². The molecule has 0 bridgehead atoms. The highest BCUT2D eigenvalue weighted by molar-refractivity contribution is 6.03. The standard InChI is InChI=1S/C26H26N4O2/c1-17-7-5-9-23(15-17)25(31)29-27-19(3)21-11-13-22(14-12-21)20(4)28-30-26(32)24-10-6-8-18(2)16-24/h5-16H,1-4H3,(H,29,31)(H,30,32). The summed E-state index contributed by atoms with van der Waals surface area (Å²) in [6.45, 7) is 7.53. The lowest BCUT2D eigenvalue weighted by Gasteiger charge is -2.06. The van der Waals surface area contributed by atoms with Crippen LogP contribution in [0.3, 0.4) is 0 Å². The summed E-state index contributed by atoms with van der Waals surface area (Å²) in [7, 11) is 0. The summed E-state index contributed by atoms with van der Waals surface area (Å²) in [5.41, 5.74) is 11.4. The molecule has 0 heterocycles. The molecule has 0 aliphatic rings. The van der Waals surface area contributed by atoms with Crippen molar-refractivity contribution in [2.45, 2.75) is 27.7 Å². The van der Waals surface area contributed by atoms with Crippen molar-refractivity contribution in [2.75, 3.05) is 0 Å². The second-order valence-corrected chi connectivity index (χ2v) is 7.59. The largest absolute Gasteiger partial charge is 0.271 e. The number of carbonyl (C=O) groups excluding carboxylic acids is 2. The minimum Gasteiger partial charge on any atom is -0.267 e. The Morgan fingerprint density at radius 1 is 0.594 bits per heavy atom. The fraction of sp³-hybridized carbons (Fsp3) is 0.154. The van der Waals surface area contributed by atoms with Crippen molar-refractivity contribution in [3.05, 3.63) is 106 Å². The van der Waals surface area contributed by atoms with Crippen LogP contribution in [0.4, 0.5) is 0 Å². The number of amides is 2. The van der Waals surface area contributed by atoms with E-state index < -0.39 is 0 Å². The van der Waals surface area contributed by atoms with Crippen LogP contribution in [0.2, 0.25) is 0 Å². The average Bonchev–Trinajstić information content (AvgIpc) is 2.80. The molecule has 0 aromatic heterocycles. The Morgan fingerprint density at radius 3 is 1.31 bits per heavy atom. The maximum absolute atomic E-state index is 12.3. The monoisotopic (exact) mass is 426 g/mol. The van der Waals surface area contributed by atoms with Crippen LogP contribution in [0.5, 0.6) is 0 Å². The van der Waals surface area contributed by atoms with Gasteiger partial charge in [0.15, 0.2) is 0 Å². The van der Waals surface area contributed by atoms with Crippen molar-refractivity contribution in [3.63, 3.8) is 0 Å². The predicted molar refractivity (Wildman–Crippen MR) is 128 cm³/mol. The minimum absolute atomic E-state index is 0.253. The Morgan fingerprint density at radius 2 is 0.969 bits per heavy atom. The summed E-state index contributed by atoms with van der Waals surface area (Å²) in [6.07, 6.45) is 0. The number of hydrazone groups is 2. The molecular weight excluding hydrogens is 400 g/mol. The first kappa shape index (κ1) is 22.6. The van der Waals surface area contributed by atoms with Gasteiger partial charge in [0.05, 0.1) is 11.4 Å². The van der Waals surface area contributed by atoms with E-state index in [1.54, 1.807) is 12.1 Å². The van der Waals surface area contributed by atoms with Gasteiger partial charge in [-0.3, -0.25) is 9.59 Å². The number of hydrogen-bond donors (Lipinski definition) is 2. The summed E-state index contributed by atoms with van der Waals surface area (Å²) < 4.78 is 0. The molecule has 0 saturated carbocycles. The van der Waals surface area contributed by atoms with Crippen molar-refractivity contribution in [1.29, 1.82) is 0 Å². The minimum atomic E-state index is -0.253. The highest BCUT2D eigenvalue weighted by Crippen LogP contribution is 2.09. The quantitative estimate of drug-likeness (QED) is 0.446. The topological polar surface area (TPSA) is 82.9 Å². The molecule has 2 amide bonds. The van der Waals surface area contributed by atoms with E-state index in [2.05, 4.69) is 21.1 Å². The number of rotatable bonds is 6. The molecule has 32 heavy (non-hydrogen) atoms. The number of aryl methyl sites for hydroxylation is 2. The van der Waals surface area contributed by atoms with Crippen LogP contribution in [-0.2, 0) is 0 Å². The molecule has 3 aromatic rings. The lowest BCUT2D eigenvalue weighted by atomic mass is 10.1. The van der Waals surface area contributed by atoms with E-state index in [0.717, 1.165) is 22.3 Å². The Hall–Kier alpha value is -4.06. The summed E-state index contributed by atoms with van der Waals surface area (Å²) >= 11 is 0. The van der Waals surface area contributed by atoms with Gasteiger partial charge in [0.1, 0.15) is 0 Å². The zero-order chi connectivity index (χ0) is 23.1. The molecule has 0 aliphatic carbocycles. The Labute approximate surface area is 188 Å². The van der Waals surface area contributed by atoms with Gasteiger partial charge in [0.2, 0.25) is 0 Å². The molecule has 162 valence electrons. The number of hydrogen-bond acceptors (Lipinski definition) is 4. The molecule has 0 spiro atoms. The van der Waals surface area contributed by atoms with Crippen molar-refractivity contribution in [3.8, 4) is 0 Å². The normalized spacial score (nSPS) is 11.8. The SMILES string of the molecule is CC(=NNC(=O)c1cccc(C)c1)c1ccc(C(C)=NNC(=O)c2cccc(C)c2)cc1. The third-order valence-corrected chi connectivity index (χ3v) is 4.93. The average molecular weight is 427 g/mol. The molecule has 0 atom stereocenters. The zero-order valence-electron chi connectivity index (χ0n) is 18.6. The molecule has 0 aliphatic heterocycles. The lowest BCUT2D eigenvalue weighted by Crippen LogP contribution is -2.19. The Bertz CT molecular complexity index is 1100. The maximum atomic E-state index is 12.3. The first-order chi connectivity index (χ1) is 15.3. The fourth-order valence-electron chi connectivity index (χ4n) is 3.05. The van der Waals surface area contributed by atoms with Crippen molar-refractivity contribution in [2.24, 2.45) is 10.2 Å². The van der Waals surface area contributed by atoms with Crippen LogP contribution in [0.1, 0.15) is 56.8 Å². The lowest BCUT2D eigenvalue weighted by molar-refractivity contribution is 0.0947. The van der Waals surface area contributed by atoms with Crippen LogP contribution in [-0.4, -0.2) is 23.2 Å². The van der Waals surface area contributed by atoms with Gasteiger partial charge in [0.25, 0.3) is 11.8 Å². The first-order valence-electron chi connectivity index (χ1n) is 10.3. The number of nitrogens with one attached hydrogen (secondary N) is 2. The van der Waals surface area contributed by atoms with E-state index in [0.29, 0.717) is 22.6 Å². The molecule has 0 saturated heterocycles. The molecule has 3 aromatic carbocycles. The van der Waals surface area contributed by atoms with E-state index in [1.807, 2.05) is 88.4 Å². The molecule has 0 fully saturated rings. The van der Waals surface area contributed by atoms with Crippen LogP contribution in [0, 0.1) is 13.8 Å². The van der Waals surface area contributed by atoms with E-state index in [4.69, 9.17) is 0 Å². The van der Waals surface area contributed by atoms with Crippen LogP contribution < -0.4 is 10.9 Å². The van der Waals surface area contributed by atoms with E-state index in [-0.39, 0.29) is 11.8 Å². The van der Waals surface area contributed by atoms with Crippen LogP contribution in [0.15, 0.2) is 83.0 Å². The molecule has 0 radical (unpaired) electrons. The Balaban J connectivity index is 1.63. The second-order valence-electron chi connectivity index (χ2n) is 7.59. The van der Waals surface area contributed by atoms with Crippen molar-refractivity contribution in [1.82, 2.24) is 10.9 Å². The van der Waals surface area contributed by atoms with Gasteiger partial charge in [-0.25, -0.2) is 10.9 Å². The predicted octanol–water partition coefficient (Wildman–Crippen LogP) is 4.61. The second kappa shape index (κ2) is 10.3. The molecular formula is C26H26N4O2. The number of benzene rings is 3. The Kier molecular flexibility index (Phi) is 7.29. The van der Waals surface area contributed by atoms with Crippen molar-refractivity contribution >= 4 is 23.2 Å². The van der Waals surface area contributed by atoms with Gasteiger partial charge in [-0.05, 0) is 63.1 Å². The van der Waals surface area contributed by atoms with E-state index in [1.165, 1.54) is 0 Å². The molecule has 0 unspecified atom stereocenters. The first-order valence-corrected chi connectivity index (χ1v) is 10.3. The maximum Gasteiger partial charge on any atom is 0.271 e. The summed E-state index contributed by atoms with van der Waals surface area (Å²) in [5, 5.41) is 8.41. The molecule has 6 heteroatoms. The third-order valence-electron chi connectivity index (χ3n) is 4.93. The van der Waals surface area contributed by atoms with Gasteiger partial charge in [-0.1, -0.05) is 59.7 Å². The smallest absolute Gasteiger partial charge is 0.267 e. The summed E-state index contributed by atoms with van der Waals surface area (Å²) in [5.74, 6) is -0.506. The van der Waals surface area contributed by atoms with Crippen LogP contribution >= 0.6 is 0 Å². The molecule has 2 N–H and O–H groups in total. The summed E-state index contributed by atoms with van der Waals surface area (Å²) in [6, 6.07) is 22.3. The van der Waals surface area contributed by atoms with Crippen molar-refractivity contribution < 1.29 is 9.59 Å². The fourth-order valence-corrected chi connectivity index (χ4v) is 3.05. The highest BCUT2D eigenvalue weighted by Gasteiger charge is 2.07. The number of nitrogens with zero attached hydrogens (tertiary/aromatic N) is 2. The van der Waals surface area contributed by atoms with Gasteiger partial charge < -0.3 is 0 Å².